The van der Waals surface area contributed by atoms with Crippen LogP contribution < -0.4 is 0 Å². The number of aromatic amines is 2. The fraction of sp³-hybridized carbons (Fsp3) is 0. The largest absolute Gasteiger partial charge is 0.367 e. The van der Waals surface area contributed by atoms with Crippen LogP contribution in [0.25, 0.3) is 12.2 Å². The average molecular weight is 159 g/mol. The van der Waals surface area contributed by atoms with Crippen LogP contribution in [0.4, 0.5) is 0 Å². The summed E-state index contributed by atoms with van der Waals surface area (Å²) in [4.78, 5) is 2.98. The monoisotopic (exact) mass is 159 g/mol. The van der Waals surface area contributed by atoms with Crippen LogP contribution >= 0.6 is 0 Å². The molecule has 0 spiro atoms. The van der Waals surface area contributed by atoms with Gasteiger partial charge in [-0.3, -0.25) is 5.10 Å². The fourth-order valence-electron chi connectivity index (χ4n) is 0.986. The van der Waals surface area contributed by atoms with Crippen molar-refractivity contribution in [2.24, 2.45) is 0 Å². The van der Waals surface area contributed by atoms with Gasteiger partial charge < -0.3 is 4.98 Å². The zero-order valence-corrected chi connectivity index (χ0v) is 6.49. The number of hydrogen-bond donors (Lipinski definition) is 2. The van der Waals surface area contributed by atoms with Gasteiger partial charge in [-0.15, -0.1) is 0 Å². The van der Waals surface area contributed by atoms with Gasteiger partial charge in [-0.1, -0.05) is 6.08 Å². The third-order valence-corrected chi connectivity index (χ3v) is 1.60. The Labute approximate surface area is 70.1 Å². The lowest BCUT2D eigenvalue weighted by atomic mass is 10.3. The van der Waals surface area contributed by atoms with Crippen LogP contribution in [0.5, 0.6) is 0 Å². The third kappa shape index (κ3) is 1.45. The fourth-order valence-corrected chi connectivity index (χ4v) is 0.986. The van der Waals surface area contributed by atoms with E-state index < -0.39 is 0 Å². The van der Waals surface area contributed by atoms with Crippen LogP contribution in [0.1, 0.15) is 11.3 Å². The minimum Gasteiger partial charge on any atom is -0.367 e. The second kappa shape index (κ2) is 3.09. The van der Waals surface area contributed by atoms with Crippen molar-refractivity contribution in [2.45, 2.75) is 0 Å². The van der Waals surface area contributed by atoms with Gasteiger partial charge in [0.15, 0.2) is 0 Å². The second-order valence-corrected chi connectivity index (χ2v) is 2.49. The van der Waals surface area contributed by atoms with E-state index in [-0.39, 0.29) is 0 Å². The van der Waals surface area contributed by atoms with Crippen molar-refractivity contribution >= 4 is 12.2 Å². The van der Waals surface area contributed by atoms with Crippen molar-refractivity contribution in [3.8, 4) is 0 Å². The van der Waals surface area contributed by atoms with E-state index in [1.54, 1.807) is 6.20 Å². The van der Waals surface area contributed by atoms with Gasteiger partial charge >= 0.3 is 0 Å². The van der Waals surface area contributed by atoms with Crippen LogP contribution in [0.15, 0.2) is 30.7 Å². The standard InChI is InChI=1S/C9H9N3/c1(8-3-5-10-7-8)2-9-4-6-11-12-9/h1-7,10H,(H,11,12)/b2-1+. The summed E-state index contributed by atoms with van der Waals surface area (Å²) in [5, 5.41) is 6.69. The van der Waals surface area contributed by atoms with Crippen molar-refractivity contribution in [1.82, 2.24) is 15.2 Å². The zero-order valence-electron chi connectivity index (χ0n) is 6.49. The molecule has 0 amide bonds. The van der Waals surface area contributed by atoms with Crippen LogP contribution in [0.2, 0.25) is 0 Å². The molecule has 0 radical (unpaired) electrons. The predicted octanol–water partition coefficient (Wildman–Crippen LogP) is 1.91. The van der Waals surface area contributed by atoms with E-state index in [4.69, 9.17) is 0 Å². The summed E-state index contributed by atoms with van der Waals surface area (Å²) in [5.74, 6) is 0. The van der Waals surface area contributed by atoms with E-state index in [1.165, 1.54) is 0 Å². The third-order valence-electron chi connectivity index (χ3n) is 1.60. The lowest BCUT2D eigenvalue weighted by molar-refractivity contribution is 1.08. The summed E-state index contributed by atoms with van der Waals surface area (Å²) in [7, 11) is 0. The molecule has 0 unspecified atom stereocenters. The van der Waals surface area contributed by atoms with Gasteiger partial charge in [0.2, 0.25) is 0 Å². The minimum atomic E-state index is 1.01. The number of rotatable bonds is 2. The molecule has 0 aromatic carbocycles. The molecular formula is C9H9N3. The smallest absolute Gasteiger partial charge is 0.0577 e. The van der Waals surface area contributed by atoms with Gasteiger partial charge in [-0.2, -0.15) is 5.10 Å². The maximum atomic E-state index is 3.84. The molecule has 0 fully saturated rings. The van der Waals surface area contributed by atoms with E-state index >= 15 is 0 Å². The van der Waals surface area contributed by atoms with E-state index in [1.807, 2.05) is 36.7 Å². The molecule has 0 saturated carbocycles. The molecule has 2 N–H and O–H groups in total. The molecule has 0 aliphatic rings. The van der Waals surface area contributed by atoms with Crippen LogP contribution in [-0.4, -0.2) is 15.2 Å². The Balaban J connectivity index is 2.14. The number of nitrogens with zero attached hydrogens (tertiary/aromatic N) is 1. The minimum absolute atomic E-state index is 1.01. The first kappa shape index (κ1) is 6.91. The van der Waals surface area contributed by atoms with E-state index in [0.717, 1.165) is 11.3 Å². The van der Waals surface area contributed by atoms with Gasteiger partial charge in [-0.25, -0.2) is 0 Å². The highest BCUT2D eigenvalue weighted by Gasteiger charge is 1.86. The molecule has 2 aromatic rings. The number of H-pyrrole nitrogens is 2. The Bertz CT molecular complexity index is 307. The molecule has 12 heavy (non-hydrogen) atoms. The molecular weight excluding hydrogens is 150 g/mol. The lowest BCUT2D eigenvalue weighted by Gasteiger charge is -1.82. The highest BCUT2D eigenvalue weighted by molar-refractivity contribution is 5.67. The van der Waals surface area contributed by atoms with E-state index in [9.17, 15) is 0 Å². The molecule has 3 nitrogen and oxygen atoms in total. The van der Waals surface area contributed by atoms with E-state index in [0.29, 0.717) is 0 Å². The van der Waals surface area contributed by atoms with Crippen LogP contribution in [-0.2, 0) is 0 Å². The van der Waals surface area contributed by atoms with Gasteiger partial charge in [0.05, 0.1) is 5.69 Å². The molecule has 2 heterocycles. The lowest BCUT2D eigenvalue weighted by Crippen LogP contribution is -1.69. The number of nitrogens with one attached hydrogen (secondary N) is 2. The topological polar surface area (TPSA) is 44.5 Å². The molecule has 0 aliphatic carbocycles. The summed E-state index contributed by atoms with van der Waals surface area (Å²) < 4.78 is 0. The first-order valence-electron chi connectivity index (χ1n) is 3.75. The summed E-state index contributed by atoms with van der Waals surface area (Å²) in [5.41, 5.74) is 2.17. The van der Waals surface area contributed by atoms with Crippen LogP contribution in [0, 0.1) is 0 Å². The SMILES string of the molecule is C(=C\c1ccn[nH]1)/c1cc[nH]c1. The Hall–Kier alpha value is -1.77. The zero-order chi connectivity index (χ0) is 8.23. The van der Waals surface area contributed by atoms with Crippen molar-refractivity contribution in [3.63, 3.8) is 0 Å². The summed E-state index contributed by atoms with van der Waals surface area (Å²) >= 11 is 0. The van der Waals surface area contributed by atoms with Crippen molar-refractivity contribution in [2.75, 3.05) is 0 Å². The molecule has 0 bridgehead atoms. The average Bonchev–Trinajstić information content (AvgIpc) is 2.74. The number of hydrogen-bond acceptors (Lipinski definition) is 1. The summed E-state index contributed by atoms with van der Waals surface area (Å²) in [6.07, 6.45) is 9.57. The molecule has 3 heteroatoms. The maximum absolute atomic E-state index is 3.84. The van der Waals surface area contributed by atoms with Gasteiger partial charge in [0.1, 0.15) is 0 Å². The highest BCUT2D eigenvalue weighted by Crippen LogP contribution is 2.03. The quantitative estimate of drug-likeness (QED) is 0.690. The first-order valence-corrected chi connectivity index (χ1v) is 3.75. The Morgan fingerprint density at radius 1 is 1.25 bits per heavy atom. The highest BCUT2D eigenvalue weighted by atomic mass is 15.1. The van der Waals surface area contributed by atoms with Gasteiger partial charge in [0.25, 0.3) is 0 Å². The number of aromatic nitrogens is 3. The normalized spacial score (nSPS) is 11.0. The van der Waals surface area contributed by atoms with E-state index in [2.05, 4.69) is 15.2 Å². The molecule has 0 atom stereocenters. The summed E-state index contributed by atoms with van der Waals surface area (Å²) in [6, 6.07) is 3.93. The first-order chi connectivity index (χ1) is 5.95. The predicted molar refractivity (Wildman–Crippen MR) is 48.3 cm³/mol. The second-order valence-electron chi connectivity index (χ2n) is 2.49. The van der Waals surface area contributed by atoms with Crippen molar-refractivity contribution in [3.05, 3.63) is 42.0 Å². The molecule has 2 aromatic heterocycles. The summed E-state index contributed by atoms with van der Waals surface area (Å²) in [6.45, 7) is 0. The van der Waals surface area contributed by atoms with Gasteiger partial charge in [-0.05, 0) is 23.8 Å². The van der Waals surface area contributed by atoms with Gasteiger partial charge in [0, 0.05) is 18.6 Å². The molecule has 0 aliphatic heterocycles. The Morgan fingerprint density at radius 3 is 2.92 bits per heavy atom. The molecule has 0 saturated heterocycles. The van der Waals surface area contributed by atoms with Crippen molar-refractivity contribution < 1.29 is 0 Å². The maximum Gasteiger partial charge on any atom is 0.0577 e. The Morgan fingerprint density at radius 2 is 2.25 bits per heavy atom. The van der Waals surface area contributed by atoms with Crippen molar-refractivity contribution in [1.29, 1.82) is 0 Å². The molecule has 60 valence electrons. The van der Waals surface area contributed by atoms with Crippen LogP contribution in [0.3, 0.4) is 0 Å². The Kier molecular flexibility index (Phi) is 1.78. The molecule has 2 rings (SSSR count).